The smallest absolute Gasteiger partial charge is 0.140 e. The van der Waals surface area contributed by atoms with E-state index >= 15 is 0 Å². The van der Waals surface area contributed by atoms with Crippen LogP contribution in [0.1, 0.15) is 16.7 Å². The van der Waals surface area contributed by atoms with Crippen LogP contribution in [0, 0.1) is 26.5 Å². The summed E-state index contributed by atoms with van der Waals surface area (Å²) < 4.78 is 33.8. The molecule has 0 amide bonds. The molecule has 2 aromatic rings. The van der Waals surface area contributed by atoms with Crippen LogP contribution in [0.4, 0.5) is 8.78 Å². The molecule has 0 heterocycles. The molecule has 1 atom stereocenters. The molecule has 2 N–H and O–H groups in total. The van der Waals surface area contributed by atoms with Gasteiger partial charge in [0.15, 0.2) is 0 Å². The van der Waals surface area contributed by atoms with Gasteiger partial charge in [0.05, 0.1) is 12.2 Å². The van der Waals surface area contributed by atoms with Crippen LogP contribution in [0.2, 0.25) is 0 Å². The molecule has 0 aliphatic heterocycles. The zero-order valence-electron chi connectivity index (χ0n) is 12.5. The number of hydrogen-bond donors (Lipinski definition) is 2. The predicted octanol–water partition coefficient (Wildman–Crippen LogP) is 2.76. The SMILES string of the molecule is N#Cc1c(Cc2ccc(I)cc2F)cc(F)cc1OCC(O)CO. The van der Waals surface area contributed by atoms with Gasteiger partial charge in [0.1, 0.15) is 36.2 Å². The van der Waals surface area contributed by atoms with E-state index in [9.17, 15) is 19.1 Å². The van der Waals surface area contributed by atoms with E-state index in [1.54, 1.807) is 12.1 Å². The summed E-state index contributed by atoms with van der Waals surface area (Å²) in [6.07, 6.45) is -1.11. The lowest BCUT2D eigenvalue weighted by atomic mass is 9.99. The van der Waals surface area contributed by atoms with Crippen LogP contribution in [-0.4, -0.2) is 29.5 Å². The second-order valence-electron chi connectivity index (χ2n) is 5.11. The van der Waals surface area contributed by atoms with Crippen LogP contribution in [0.25, 0.3) is 0 Å². The average Bonchev–Trinajstić information content (AvgIpc) is 2.54. The maximum absolute atomic E-state index is 14.0. The van der Waals surface area contributed by atoms with Crippen molar-refractivity contribution >= 4 is 22.6 Å². The van der Waals surface area contributed by atoms with Gasteiger partial charge in [-0.1, -0.05) is 6.07 Å². The fourth-order valence-electron chi connectivity index (χ4n) is 2.12. The third kappa shape index (κ3) is 4.63. The van der Waals surface area contributed by atoms with E-state index in [0.717, 1.165) is 15.7 Å². The number of aliphatic hydroxyl groups excluding tert-OH is 2. The van der Waals surface area contributed by atoms with Gasteiger partial charge >= 0.3 is 0 Å². The highest BCUT2D eigenvalue weighted by Crippen LogP contribution is 2.27. The molecule has 2 rings (SSSR count). The highest BCUT2D eigenvalue weighted by Gasteiger charge is 2.16. The number of halogens is 3. The summed E-state index contributed by atoms with van der Waals surface area (Å²) in [5.74, 6) is -1.12. The number of nitrogens with zero attached hydrogens (tertiary/aromatic N) is 1. The van der Waals surface area contributed by atoms with Crippen LogP contribution in [0.15, 0.2) is 30.3 Å². The number of aliphatic hydroxyl groups is 2. The van der Waals surface area contributed by atoms with Gasteiger partial charge in [0, 0.05) is 16.1 Å². The van der Waals surface area contributed by atoms with Crippen molar-refractivity contribution in [2.75, 3.05) is 13.2 Å². The summed E-state index contributed by atoms with van der Waals surface area (Å²) in [6, 6.07) is 8.77. The highest BCUT2D eigenvalue weighted by molar-refractivity contribution is 14.1. The lowest BCUT2D eigenvalue weighted by molar-refractivity contribution is 0.0534. The monoisotopic (exact) mass is 445 g/mol. The van der Waals surface area contributed by atoms with Crippen molar-refractivity contribution in [3.63, 3.8) is 0 Å². The molecule has 4 nitrogen and oxygen atoms in total. The van der Waals surface area contributed by atoms with Crippen molar-refractivity contribution in [2.45, 2.75) is 12.5 Å². The van der Waals surface area contributed by atoms with Crippen molar-refractivity contribution in [1.29, 1.82) is 5.26 Å². The average molecular weight is 445 g/mol. The molecule has 24 heavy (non-hydrogen) atoms. The third-order valence-corrected chi connectivity index (χ3v) is 3.97. The van der Waals surface area contributed by atoms with E-state index in [4.69, 9.17) is 9.84 Å². The molecule has 0 aliphatic rings. The maximum Gasteiger partial charge on any atom is 0.140 e. The Morgan fingerprint density at radius 3 is 2.58 bits per heavy atom. The summed E-state index contributed by atoms with van der Waals surface area (Å²) >= 11 is 1.98. The Balaban J connectivity index is 2.35. The standard InChI is InChI=1S/C17H14F2INO3/c18-12-4-11(3-10-1-2-13(20)6-16(10)19)15(7-21)17(5-12)24-9-14(23)8-22/h1-2,4-6,14,22-23H,3,8-9H2. The van der Waals surface area contributed by atoms with Gasteiger partial charge in [-0.2, -0.15) is 5.26 Å². The largest absolute Gasteiger partial charge is 0.489 e. The normalized spacial score (nSPS) is 11.8. The van der Waals surface area contributed by atoms with Gasteiger partial charge in [-0.15, -0.1) is 0 Å². The third-order valence-electron chi connectivity index (χ3n) is 3.30. The quantitative estimate of drug-likeness (QED) is 0.671. The van der Waals surface area contributed by atoms with Gasteiger partial charge in [-0.05, 0) is 51.9 Å². The Kier molecular flexibility index (Phi) is 6.48. The van der Waals surface area contributed by atoms with Gasteiger partial charge in [-0.25, -0.2) is 8.78 Å². The molecule has 2 aromatic carbocycles. The number of rotatable bonds is 6. The van der Waals surface area contributed by atoms with E-state index in [1.807, 2.05) is 28.7 Å². The van der Waals surface area contributed by atoms with Crippen molar-refractivity contribution in [2.24, 2.45) is 0 Å². The van der Waals surface area contributed by atoms with Crippen LogP contribution in [0.5, 0.6) is 5.75 Å². The van der Waals surface area contributed by atoms with E-state index in [-0.39, 0.29) is 29.9 Å². The van der Waals surface area contributed by atoms with Crippen molar-refractivity contribution < 1.29 is 23.7 Å². The first-order chi connectivity index (χ1) is 11.4. The second-order valence-corrected chi connectivity index (χ2v) is 6.36. The molecular formula is C17H14F2INO3. The van der Waals surface area contributed by atoms with Gasteiger partial charge in [0.2, 0.25) is 0 Å². The summed E-state index contributed by atoms with van der Waals surface area (Å²) in [4.78, 5) is 0. The van der Waals surface area contributed by atoms with Crippen molar-refractivity contribution in [1.82, 2.24) is 0 Å². The first-order valence-electron chi connectivity index (χ1n) is 7.02. The first-order valence-corrected chi connectivity index (χ1v) is 8.10. The molecule has 1 unspecified atom stereocenters. The lowest BCUT2D eigenvalue weighted by Gasteiger charge is -2.14. The Labute approximate surface area is 151 Å². The molecule has 0 saturated heterocycles. The van der Waals surface area contributed by atoms with Crippen molar-refractivity contribution in [3.05, 3.63) is 62.2 Å². The molecule has 7 heteroatoms. The number of ether oxygens (including phenoxy) is 1. The number of nitriles is 1. The minimum Gasteiger partial charge on any atom is -0.489 e. The minimum atomic E-state index is -1.14. The molecule has 0 spiro atoms. The van der Waals surface area contributed by atoms with E-state index in [2.05, 4.69) is 0 Å². The minimum absolute atomic E-state index is 0.0301. The molecule has 126 valence electrons. The molecule has 0 radical (unpaired) electrons. The Hall–Kier alpha value is -1.76. The number of hydrogen-bond acceptors (Lipinski definition) is 4. The summed E-state index contributed by atoms with van der Waals surface area (Å²) in [5.41, 5.74) is 0.685. The molecular weight excluding hydrogens is 431 g/mol. The maximum atomic E-state index is 14.0. The molecule has 0 fully saturated rings. The zero-order valence-corrected chi connectivity index (χ0v) is 14.6. The van der Waals surface area contributed by atoms with Crippen molar-refractivity contribution in [3.8, 4) is 11.8 Å². The van der Waals surface area contributed by atoms with Crippen LogP contribution >= 0.6 is 22.6 Å². The first kappa shape index (κ1) is 18.6. The van der Waals surface area contributed by atoms with Gasteiger partial charge < -0.3 is 14.9 Å². The lowest BCUT2D eigenvalue weighted by Crippen LogP contribution is -2.21. The highest BCUT2D eigenvalue weighted by atomic mass is 127. The summed E-state index contributed by atoms with van der Waals surface area (Å²) in [5, 5.41) is 27.4. The van der Waals surface area contributed by atoms with Gasteiger partial charge in [0.25, 0.3) is 0 Å². The Morgan fingerprint density at radius 1 is 1.21 bits per heavy atom. The van der Waals surface area contributed by atoms with E-state index in [0.29, 0.717) is 5.56 Å². The van der Waals surface area contributed by atoms with Crippen LogP contribution in [0.3, 0.4) is 0 Å². The summed E-state index contributed by atoms with van der Waals surface area (Å²) in [6.45, 7) is -0.802. The summed E-state index contributed by atoms with van der Waals surface area (Å²) in [7, 11) is 0. The zero-order chi connectivity index (χ0) is 17.7. The fraction of sp³-hybridized carbons (Fsp3) is 0.235. The Morgan fingerprint density at radius 2 is 1.96 bits per heavy atom. The topological polar surface area (TPSA) is 73.5 Å². The van der Waals surface area contributed by atoms with Crippen LogP contribution < -0.4 is 4.74 Å². The number of benzene rings is 2. The van der Waals surface area contributed by atoms with Crippen LogP contribution in [-0.2, 0) is 6.42 Å². The molecule has 0 aliphatic carbocycles. The van der Waals surface area contributed by atoms with E-state index in [1.165, 1.54) is 6.07 Å². The Bertz CT molecular complexity index is 777. The van der Waals surface area contributed by atoms with E-state index < -0.39 is 24.3 Å². The second kappa shape index (κ2) is 8.37. The fourth-order valence-corrected chi connectivity index (χ4v) is 2.58. The molecule has 0 aromatic heterocycles. The van der Waals surface area contributed by atoms with Gasteiger partial charge in [-0.3, -0.25) is 0 Å². The molecule has 0 bridgehead atoms. The molecule has 0 saturated carbocycles. The predicted molar refractivity (Wildman–Crippen MR) is 91.6 cm³/mol.